The number of carbonyl (C=O) groups excluding carboxylic acids is 1. The summed E-state index contributed by atoms with van der Waals surface area (Å²) in [5.74, 6) is 0.242. The van der Waals surface area contributed by atoms with E-state index in [4.69, 9.17) is 0 Å². The highest BCUT2D eigenvalue weighted by Crippen LogP contribution is 2.27. The Morgan fingerprint density at radius 3 is 2.65 bits per heavy atom. The molecule has 1 aromatic carbocycles. The Kier molecular flexibility index (Phi) is 5.29. The maximum Gasteiger partial charge on any atom is 0.252 e. The molecular formula is C15H16BrNOS2. The summed E-state index contributed by atoms with van der Waals surface area (Å²) in [6, 6.07) is 9.55. The maximum absolute atomic E-state index is 12.4. The van der Waals surface area contributed by atoms with Crippen LogP contribution in [-0.2, 0) is 0 Å². The first kappa shape index (κ1) is 15.6. The van der Waals surface area contributed by atoms with Gasteiger partial charge in [-0.2, -0.15) is 0 Å². The molecule has 0 spiro atoms. The van der Waals surface area contributed by atoms with Crippen LogP contribution in [0.15, 0.2) is 45.1 Å². The Morgan fingerprint density at radius 1 is 1.35 bits per heavy atom. The van der Waals surface area contributed by atoms with Crippen LogP contribution in [-0.4, -0.2) is 5.91 Å². The molecule has 0 fully saturated rings. The fourth-order valence-electron chi connectivity index (χ4n) is 1.95. The van der Waals surface area contributed by atoms with E-state index in [-0.39, 0.29) is 11.9 Å². The number of rotatable bonds is 4. The molecule has 2 aromatic rings. The standard InChI is InChI=1S/C15H16BrNOS2/c1-9(2)14(13-4-3-7-20-13)17-15(18)11-6-5-10(16)8-12(11)19/h3-9,14,19H,1-2H3,(H,17,18). The van der Waals surface area contributed by atoms with Crippen molar-refractivity contribution in [2.24, 2.45) is 5.92 Å². The normalized spacial score (nSPS) is 12.4. The lowest BCUT2D eigenvalue weighted by molar-refractivity contribution is 0.0923. The summed E-state index contributed by atoms with van der Waals surface area (Å²) in [7, 11) is 0. The van der Waals surface area contributed by atoms with Crippen LogP contribution < -0.4 is 5.32 Å². The third-order valence-corrected chi connectivity index (χ3v) is 4.83. The summed E-state index contributed by atoms with van der Waals surface area (Å²) in [5, 5.41) is 5.13. The molecule has 1 unspecified atom stereocenters. The van der Waals surface area contributed by atoms with E-state index in [1.54, 1.807) is 17.4 Å². The minimum atomic E-state index is -0.0883. The summed E-state index contributed by atoms with van der Waals surface area (Å²) >= 11 is 9.40. The van der Waals surface area contributed by atoms with Gasteiger partial charge in [-0.3, -0.25) is 4.79 Å². The van der Waals surface area contributed by atoms with Crippen molar-refractivity contribution in [1.29, 1.82) is 0 Å². The van der Waals surface area contributed by atoms with Crippen LogP contribution in [0.1, 0.15) is 35.1 Å². The fraction of sp³-hybridized carbons (Fsp3) is 0.267. The number of hydrogen-bond acceptors (Lipinski definition) is 3. The molecule has 20 heavy (non-hydrogen) atoms. The minimum absolute atomic E-state index is 0.0267. The average molecular weight is 370 g/mol. The van der Waals surface area contributed by atoms with Crippen molar-refractivity contribution in [3.05, 3.63) is 50.6 Å². The molecule has 0 bridgehead atoms. The van der Waals surface area contributed by atoms with Crippen LogP contribution in [0.5, 0.6) is 0 Å². The van der Waals surface area contributed by atoms with E-state index in [1.165, 1.54) is 4.88 Å². The predicted molar refractivity (Wildman–Crippen MR) is 90.8 cm³/mol. The van der Waals surface area contributed by atoms with Gasteiger partial charge in [0.25, 0.3) is 5.91 Å². The molecule has 1 atom stereocenters. The fourth-order valence-corrected chi connectivity index (χ4v) is 3.75. The number of hydrogen-bond donors (Lipinski definition) is 2. The van der Waals surface area contributed by atoms with E-state index in [0.29, 0.717) is 16.4 Å². The molecule has 1 aromatic heterocycles. The number of thiol groups is 1. The smallest absolute Gasteiger partial charge is 0.252 e. The van der Waals surface area contributed by atoms with Gasteiger partial charge in [-0.05, 0) is 35.6 Å². The monoisotopic (exact) mass is 369 g/mol. The van der Waals surface area contributed by atoms with Crippen LogP contribution in [0, 0.1) is 5.92 Å². The molecule has 2 nitrogen and oxygen atoms in total. The molecule has 0 aliphatic carbocycles. The van der Waals surface area contributed by atoms with Crippen molar-refractivity contribution in [3.63, 3.8) is 0 Å². The van der Waals surface area contributed by atoms with Gasteiger partial charge in [-0.1, -0.05) is 35.8 Å². The van der Waals surface area contributed by atoms with Crippen LogP contribution in [0.2, 0.25) is 0 Å². The van der Waals surface area contributed by atoms with Crippen molar-refractivity contribution in [3.8, 4) is 0 Å². The zero-order valence-electron chi connectivity index (χ0n) is 11.3. The SMILES string of the molecule is CC(C)C(NC(=O)c1ccc(Br)cc1S)c1cccs1. The van der Waals surface area contributed by atoms with Gasteiger partial charge >= 0.3 is 0 Å². The van der Waals surface area contributed by atoms with Crippen LogP contribution in [0.25, 0.3) is 0 Å². The van der Waals surface area contributed by atoms with Crippen molar-refractivity contribution in [2.45, 2.75) is 24.8 Å². The topological polar surface area (TPSA) is 29.1 Å². The van der Waals surface area contributed by atoms with E-state index >= 15 is 0 Å². The van der Waals surface area contributed by atoms with Gasteiger partial charge in [0.05, 0.1) is 11.6 Å². The molecule has 2 rings (SSSR count). The van der Waals surface area contributed by atoms with Crippen molar-refractivity contribution in [2.75, 3.05) is 0 Å². The zero-order chi connectivity index (χ0) is 14.7. The summed E-state index contributed by atoms with van der Waals surface area (Å²) in [5.41, 5.74) is 0.596. The largest absolute Gasteiger partial charge is 0.344 e. The minimum Gasteiger partial charge on any atom is -0.344 e. The second kappa shape index (κ2) is 6.78. The number of thiophene rings is 1. The summed E-state index contributed by atoms with van der Waals surface area (Å²) < 4.78 is 0.915. The third-order valence-electron chi connectivity index (χ3n) is 3.01. The van der Waals surface area contributed by atoms with E-state index in [2.05, 4.69) is 53.8 Å². The number of halogens is 1. The lowest BCUT2D eigenvalue weighted by Gasteiger charge is -2.21. The van der Waals surface area contributed by atoms with Gasteiger partial charge in [0.15, 0.2) is 0 Å². The lowest BCUT2D eigenvalue weighted by Crippen LogP contribution is -2.31. The molecule has 1 heterocycles. The quantitative estimate of drug-likeness (QED) is 0.735. The first-order chi connectivity index (χ1) is 9.49. The molecule has 0 aliphatic heterocycles. The van der Waals surface area contributed by atoms with Crippen LogP contribution in [0.4, 0.5) is 0 Å². The Morgan fingerprint density at radius 2 is 2.10 bits per heavy atom. The summed E-state index contributed by atoms with van der Waals surface area (Å²) in [6.07, 6.45) is 0. The number of benzene rings is 1. The van der Waals surface area contributed by atoms with Crippen molar-refractivity contribution < 1.29 is 4.79 Å². The molecule has 106 valence electrons. The van der Waals surface area contributed by atoms with Gasteiger partial charge in [-0.15, -0.1) is 24.0 Å². The van der Waals surface area contributed by atoms with E-state index in [9.17, 15) is 4.79 Å². The molecule has 1 amide bonds. The second-order valence-electron chi connectivity index (χ2n) is 4.87. The molecule has 5 heteroatoms. The Bertz CT molecular complexity index is 596. The van der Waals surface area contributed by atoms with Crippen LogP contribution >= 0.6 is 39.9 Å². The molecule has 0 aliphatic rings. The summed E-state index contributed by atoms with van der Waals surface area (Å²) in [4.78, 5) is 14.3. The Balaban J connectivity index is 2.21. The van der Waals surface area contributed by atoms with E-state index in [1.807, 2.05) is 23.6 Å². The second-order valence-corrected chi connectivity index (χ2v) is 7.25. The maximum atomic E-state index is 12.4. The number of amides is 1. The first-order valence-electron chi connectivity index (χ1n) is 6.32. The average Bonchev–Trinajstić information content (AvgIpc) is 2.88. The van der Waals surface area contributed by atoms with Gasteiger partial charge in [0.2, 0.25) is 0 Å². The third kappa shape index (κ3) is 3.65. The van der Waals surface area contributed by atoms with Gasteiger partial charge in [0, 0.05) is 14.2 Å². The highest BCUT2D eigenvalue weighted by Gasteiger charge is 2.20. The molecule has 1 N–H and O–H groups in total. The van der Waals surface area contributed by atoms with E-state index < -0.39 is 0 Å². The first-order valence-corrected chi connectivity index (χ1v) is 8.44. The molecule has 0 radical (unpaired) electrons. The zero-order valence-corrected chi connectivity index (χ0v) is 14.6. The Labute approximate surface area is 137 Å². The van der Waals surface area contributed by atoms with Crippen LogP contribution in [0.3, 0.4) is 0 Å². The van der Waals surface area contributed by atoms with Crippen molar-refractivity contribution in [1.82, 2.24) is 5.32 Å². The Hall–Kier alpha value is -0.780. The summed E-state index contributed by atoms with van der Waals surface area (Å²) in [6.45, 7) is 4.21. The molecular weight excluding hydrogens is 354 g/mol. The molecule has 0 saturated carbocycles. The van der Waals surface area contributed by atoms with Gasteiger partial charge in [0.1, 0.15) is 0 Å². The number of carbonyl (C=O) groups is 1. The lowest BCUT2D eigenvalue weighted by atomic mass is 10.0. The highest BCUT2D eigenvalue weighted by atomic mass is 79.9. The number of nitrogens with one attached hydrogen (secondary N) is 1. The van der Waals surface area contributed by atoms with Gasteiger partial charge in [-0.25, -0.2) is 0 Å². The highest BCUT2D eigenvalue weighted by molar-refractivity contribution is 9.10. The molecule has 0 saturated heterocycles. The predicted octanol–water partition coefficient (Wildman–Crippen LogP) is 4.93. The van der Waals surface area contributed by atoms with Gasteiger partial charge < -0.3 is 5.32 Å². The van der Waals surface area contributed by atoms with E-state index in [0.717, 1.165) is 4.47 Å². The van der Waals surface area contributed by atoms with Crippen molar-refractivity contribution >= 4 is 45.8 Å².